The van der Waals surface area contributed by atoms with Crippen LogP contribution < -0.4 is 22.5 Å². The average molecular weight is 275 g/mol. The molecule has 1 aliphatic rings. The van der Waals surface area contributed by atoms with Crippen LogP contribution in [0.15, 0.2) is 23.8 Å². The summed E-state index contributed by atoms with van der Waals surface area (Å²) in [5.41, 5.74) is 4.43. The molecule has 0 fully saturated rings. The highest BCUT2D eigenvalue weighted by atomic mass is 79.9. The number of hydrazine groups is 2. The van der Waals surface area contributed by atoms with Crippen LogP contribution in [0.25, 0.3) is 0 Å². The third kappa shape index (κ3) is 2.44. The Morgan fingerprint density at radius 2 is 2.07 bits per heavy atom. The summed E-state index contributed by atoms with van der Waals surface area (Å²) in [7, 11) is 0. The molecule has 6 nitrogen and oxygen atoms in total. The summed E-state index contributed by atoms with van der Waals surface area (Å²) in [5.74, 6) is 9.18. The average Bonchev–Trinajstić information content (AvgIpc) is 2.26. The molecule has 82 valence electrons. The van der Waals surface area contributed by atoms with Crippen molar-refractivity contribution in [2.75, 3.05) is 0 Å². The van der Waals surface area contributed by atoms with Crippen molar-refractivity contribution in [2.45, 2.75) is 10.7 Å². The maximum absolute atomic E-state index is 11.4. The lowest BCUT2D eigenvalue weighted by Gasteiger charge is -2.24. The molecule has 0 aromatic carbocycles. The van der Waals surface area contributed by atoms with Crippen LogP contribution in [0.5, 0.6) is 0 Å². The summed E-state index contributed by atoms with van der Waals surface area (Å²) in [6.45, 7) is 0. The third-order valence-electron chi connectivity index (χ3n) is 2.04. The fourth-order valence-corrected chi connectivity index (χ4v) is 1.81. The minimum absolute atomic E-state index is 0.190. The van der Waals surface area contributed by atoms with Crippen LogP contribution in [0.3, 0.4) is 0 Å². The molecule has 6 N–H and O–H groups in total. The van der Waals surface area contributed by atoms with Crippen molar-refractivity contribution in [3.63, 3.8) is 0 Å². The second kappa shape index (κ2) is 4.56. The number of halogens is 1. The van der Waals surface area contributed by atoms with Gasteiger partial charge in [0.15, 0.2) is 0 Å². The minimum Gasteiger partial charge on any atom is -0.293 e. The van der Waals surface area contributed by atoms with Crippen LogP contribution in [0, 0.1) is 0 Å². The van der Waals surface area contributed by atoms with Crippen LogP contribution in [0.1, 0.15) is 6.42 Å². The quantitative estimate of drug-likeness (QED) is 0.224. The van der Waals surface area contributed by atoms with Crippen molar-refractivity contribution in [3.05, 3.63) is 23.8 Å². The molecule has 1 unspecified atom stereocenters. The number of nitrogens with two attached hydrogens (primary N) is 2. The summed E-state index contributed by atoms with van der Waals surface area (Å²) in [5, 5.41) is 0. The van der Waals surface area contributed by atoms with Crippen molar-refractivity contribution in [2.24, 2.45) is 11.7 Å². The van der Waals surface area contributed by atoms with Crippen LogP contribution in [0.4, 0.5) is 0 Å². The molecule has 0 heterocycles. The molecule has 0 aromatic rings. The highest BCUT2D eigenvalue weighted by molar-refractivity contribution is 9.10. The zero-order valence-corrected chi connectivity index (χ0v) is 9.37. The normalized spacial score (nSPS) is 24.3. The van der Waals surface area contributed by atoms with Gasteiger partial charge < -0.3 is 0 Å². The smallest absolute Gasteiger partial charge is 0.261 e. The molecule has 0 saturated carbocycles. The molecule has 15 heavy (non-hydrogen) atoms. The van der Waals surface area contributed by atoms with Gasteiger partial charge in [0.1, 0.15) is 4.32 Å². The zero-order chi connectivity index (χ0) is 11.5. The van der Waals surface area contributed by atoms with Crippen molar-refractivity contribution < 1.29 is 9.59 Å². The molecular weight excluding hydrogens is 264 g/mol. The molecule has 0 spiro atoms. The van der Waals surface area contributed by atoms with Gasteiger partial charge >= 0.3 is 0 Å². The highest BCUT2D eigenvalue weighted by Gasteiger charge is 2.36. The molecule has 2 amide bonds. The van der Waals surface area contributed by atoms with E-state index in [0.29, 0.717) is 5.57 Å². The fraction of sp³-hybridized carbons (Fsp3) is 0.250. The number of nitrogens with one attached hydrogen (secondary N) is 2. The Kier molecular flexibility index (Phi) is 3.61. The number of rotatable bonds is 2. The summed E-state index contributed by atoms with van der Waals surface area (Å²) < 4.78 is -0.988. The Hall–Kier alpha value is -1.18. The second-order valence-electron chi connectivity index (χ2n) is 3.04. The van der Waals surface area contributed by atoms with E-state index in [1.54, 1.807) is 18.2 Å². The Balaban J connectivity index is 2.87. The first-order valence-corrected chi connectivity index (χ1v) is 4.92. The Bertz CT molecular complexity index is 353. The second-order valence-corrected chi connectivity index (χ2v) is 4.45. The van der Waals surface area contributed by atoms with Crippen LogP contribution in [0.2, 0.25) is 0 Å². The summed E-state index contributed by atoms with van der Waals surface area (Å²) in [6, 6.07) is 0. The van der Waals surface area contributed by atoms with E-state index in [4.69, 9.17) is 11.7 Å². The van der Waals surface area contributed by atoms with Crippen LogP contribution in [-0.4, -0.2) is 16.1 Å². The Morgan fingerprint density at radius 1 is 1.40 bits per heavy atom. The minimum atomic E-state index is -0.988. The van der Waals surface area contributed by atoms with Gasteiger partial charge in [0, 0.05) is 12.0 Å². The Labute approximate surface area is 94.8 Å². The van der Waals surface area contributed by atoms with Gasteiger partial charge in [-0.05, 0) is 0 Å². The topological polar surface area (TPSA) is 110 Å². The first-order valence-electron chi connectivity index (χ1n) is 4.13. The van der Waals surface area contributed by atoms with Crippen molar-refractivity contribution >= 4 is 27.7 Å². The third-order valence-corrected chi connectivity index (χ3v) is 2.94. The number of amides is 2. The molecule has 0 saturated heterocycles. The van der Waals surface area contributed by atoms with Gasteiger partial charge in [-0.1, -0.05) is 34.2 Å². The standard InChI is InChI=1S/C8H11BrN4O2/c9-8(7(15)13-11)3-1-2-5(4-8)6(14)12-10/h1-3H,4,10-11H2,(H,12,14)(H,13,15). The maximum Gasteiger partial charge on any atom is 0.261 e. The molecule has 0 aromatic heterocycles. The molecule has 0 bridgehead atoms. The predicted molar refractivity (Wildman–Crippen MR) is 58.2 cm³/mol. The van der Waals surface area contributed by atoms with Gasteiger partial charge in [-0.3, -0.25) is 20.4 Å². The van der Waals surface area contributed by atoms with Gasteiger partial charge in [0.2, 0.25) is 0 Å². The van der Waals surface area contributed by atoms with Crippen molar-refractivity contribution in [1.29, 1.82) is 0 Å². The lowest BCUT2D eigenvalue weighted by atomic mass is 9.93. The van der Waals surface area contributed by atoms with Gasteiger partial charge in [-0.25, -0.2) is 11.7 Å². The van der Waals surface area contributed by atoms with Crippen LogP contribution >= 0.6 is 15.9 Å². The SMILES string of the molecule is NNC(=O)C1=CC=CC(Br)(C(=O)NN)C1. The van der Waals surface area contributed by atoms with E-state index in [2.05, 4.69) is 15.9 Å². The van der Waals surface area contributed by atoms with Gasteiger partial charge in [-0.2, -0.15) is 0 Å². The van der Waals surface area contributed by atoms with E-state index in [-0.39, 0.29) is 6.42 Å². The van der Waals surface area contributed by atoms with Crippen LogP contribution in [-0.2, 0) is 9.59 Å². The van der Waals surface area contributed by atoms with E-state index < -0.39 is 16.1 Å². The number of carbonyl (C=O) groups excluding carboxylic acids is 2. The lowest BCUT2D eigenvalue weighted by molar-refractivity contribution is -0.122. The largest absolute Gasteiger partial charge is 0.293 e. The first-order chi connectivity index (χ1) is 7.03. The molecule has 1 rings (SSSR count). The zero-order valence-electron chi connectivity index (χ0n) is 7.79. The number of carbonyl (C=O) groups is 2. The number of hydrogen-bond acceptors (Lipinski definition) is 4. The monoisotopic (exact) mass is 274 g/mol. The molecular formula is C8H11BrN4O2. The van der Waals surface area contributed by atoms with E-state index >= 15 is 0 Å². The lowest BCUT2D eigenvalue weighted by Crippen LogP contribution is -2.46. The highest BCUT2D eigenvalue weighted by Crippen LogP contribution is 2.31. The first kappa shape index (κ1) is 11.9. The van der Waals surface area contributed by atoms with Gasteiger partial charge in [-0.15, -0.1) is 0 Å². The van der Waals surface area contributed by atoms with Crippen molar-refractivity contribution in [1.82, 2.24) is 10.9 Å². The number of allylic oxidation sites excluding steroid dienone is 2. The molecule has 1 aliphatic carbocycles. The predicted octanol–water partition coefficient (Wildman–Crippen LogP) is -1.01. The van der Waals surface area contributed by atoms with E-state index in [0.717, 1.165) is 0 Å². The molecule has 0 radical (unpaired) electrons. The summed E-state index contributed by atoms with van der Waals surface area (Å²) >= 11 is 3.22. The molecule has 1 atom stereocenters. The van der Waals surface area contributed by atoms with E-state index in [1.807, 2.05) is 10.9 Å². The van der Waals surface area contributed by atoms with Gasteiger partial charge in [0.25, 0.3) is 11.8 Å². The van der Waals surface area contributed by atoms with Crippen molar-refractivity contribution in [3.8, 4) is 0 Å². The fourth-order valence-electron chi connectivity index (χ4n) is 1.24. The number of hydrogen-bond donors (Lipinski definition) is 4. The maximum atomic E-state index is 11.4. The van der Waals surface area contributed by atoms with Gasteiger partial charge in [0.05, 0.1) is 0 Å². The van der Waals surface area contributed by atoms with E-state index in [1.165, 1.54) is 0 Å². The molecule has 7 heteroatoms. The summed E-state index contributed by atoms with van der Waals surface area (Å²) in [6.07, 6.45) is 4.99. The summed E-state index contributed by atoms with van der Waals surface area (Å²) in [4.78, 5) is 22.7. The molecule has 0 aliphatic heterocycles. The van der Waals surface area contributed by atoms with E-state index in [9.17, 15) is 9.59 Å². The Morgan fingerprint density at radius 3 is 2.60 bits per heavy atom. The number of alkyl halides is 1.